The fourth-order valence-corrected chi connectivity index (χ4v) is 7.64. The highest BCUT2D eigenvalue weighted by Gasteiger charge is 2.42. The number of likely N-dealkylation sites (N-methyl/N-ethyl adjacent to an activating group) is 1. The zero-order valence-electron chi connectivity index (χ0n) is 26.0. The first-order chi connectivity index (χ1) is 20.1. The lowest BCUT2D eigenvalue weighted by Crippen LogP contribution is -2.26. The first-order valence-electron chi connectivity index (χ1n) is 14.8. The molecule has 1 aliphatic carbocycles. The van der Waals surface area contributed by atoms with E-state index in [-0.39, 0.29) is 10.8 Å². The summed E-state index contributed by atoms with van der Waals surface area (Å²) in [4.78, 5) is 2.35. The number of fused-ring (bicyclic) bond motifs is 2. The summed E-state index contributed by atoms with van der Waals surface area (Å²) < 4.78 is 2.35. The molecule has 0 N–H and O–H groups in total. The van der Waals surface area contributed by atoms with Crippen molar-refractivity contribution in [2.45, 2.75) is 57.8 Å². The molecule has 0 unspecified atom stereocenters. The third kappa shape index (κ3) is 4.50. The summed E-state index contributed by atoms with van der Waals surface area (Å²) in [6.07, 6.45) is 14.2. The van der Waals surface area contributed by atoms with Crippen LogP contribution in [0.3, 0.4) is 0 Å². The molecule has 214 valence electrons. The molecule has 0 amide bonds. The van der Waals surface area contributed by atoms with Gasteiger partial charge in [0.25, 0.3) is 0 Å². The van der Waals surface area contributed by atoms with Gasteiger partial charge in [-0.05, 0) is 67.4 Å². The molecule has 3 aliphatic heterocycles. The first-order valence-corrected chi connectivity index (χ1v) is 16.0. The minimum atomic E-state index is -0.0528. The monoisotopic (exact) mass is 573 g/mol. The average molecular weight is 574 g/mol. The van der Waals surface area contributed by atoms with Crippen molar-refractivity contribution in [2.75, 3.05) is 25.3 Å². The van der Waals surface area contributed by atoms with E-state index < -0.39 is 0 Å². The Hall–Kier alpha value is -3.70. The number of para-hydroxylation sites is 2. The van der Waals surface area contributed by atoms with Crippen LogP contribution in [0.1, 0.15) is 58.1 Å². The lowest BCUT2D eigenvalue weighted by Gasteiger charge is -2.24. The van der Waals surface area contributed by atoms with E-state index in [1.807, 2.05) is 6.26 Å². The molecule has 0 atom stereocenters. The maximum Gasteiger partial charge on any atom is 0.209 e. The maximum absolute atomic E-state index is 4.56. The van der Waals surface area contributed by atoms with Crippen LogP contribution in [0.15, 0.2) is 118 Å². The molecule has 0 fully saturated rings. The Morgan fingerprint density at radius 2 is 1.64 bits per heavy atom. The van der Waals surface area contributed by atoms with Gasteiger partial charge in [0.1, 0.15) is 12.1 Å². The van der Waals surface area contributed by atoms with Crippen molar-refractivity contribution in [2.24, 2.45) is 10.2 Å². The predicted octanol–water partition coefficient (Wildman–Crippen LogP) is 8.65. The minimum absolute atomic E-state index is 0.0528. The smallest absolute Gasteiger partial charge is 0.209 e. The molecule has 2 aromatic carbocycles. The van der Waals surface area contributed by atoms with Crippen LogP contribution >= 0.6 is 11.8 Å². The normalized spacial score (nSPS) is 22.6. The molecule has 0 aromatic heterocycles. The van der Waals surface area contributed by atoms with Gasteiger partial charge in [0, 0.05) is 53.5 Å². The summed E-state index contributed by atoms with van der Waals surface area (Å²) in [5, 5.41) is 9.89. The third-order valence-corrected chi connectivity index (χ3v) is 10.3. The summed E-state index contributed by atoms with van der Waals surface area (Å²) in [6, 6.07) is 17.5. The van der Waals surface area contributed by atoms with E-state index in [4.69, 9.17) is 0 Å². The molecular formula is C37H41N4S+. The Labute approximate surface area is 255 Å². The van der Waals surface area contributed by atoms with Crippen molar-refractivity contribution in [3.8, 4) is 0 Å². The number of hydrogen-bond acceptors (Lipinski definition) is 4. The molecule has 4 aliphatic rings. The molecular weight excluding hydrogens is 533 g/mol. The van der Waals surface area contributed by atoms with Crippen molar-refractivity contribution in [3.63, 3.8) is 0 Å². The highest BCUT2D eigenvalue weighted by atomic mass is 32.2. The van der Waals surface area contributed by atoms with Gasteiger partial charge in [0.2, 0.25) is 5.69 Å². The van der Waals surface area contributed by atoms with Crippen LogP contribution in [-0.2, 0) is 10.8 Å². The van der Waals surface area contributed by atoms with Crippen LogP contribution in [0.2, 0.25) is 0 Å². The zero-order valence-corrected chi connectivity index (χ0v) is 26.8. The minimum Gasteiger partial charge on any atom is -0.347 e. The number of benzene rings is 2. The van der Waals surface area contributed by atoms with Crippen LogP contribution < -0.4 is 4.90 Å². The van der Waals surface area contributed by atoms with E-state index in [1.165, 1.54) is 50.6 Å². The Kier molecular flexibility index (Phi) is 7.13. The standard InChI is InChI=1S/C37H41N4S/c1-24-30(38-39-35(24)42-8)23-27-25(19-21-33-36(2,3)28-13-9-11-15-31(28)40(33)6)17-18-26(27)20-22-34-37(4,5)29-14-10-12-16-32(29)41(34)7/h9-16,19-22H,1,17-18,23H2,2-8H3/q+1. The first kappa shape index (κ1) is 28.4. The average Bonchev–Trinajstić information content (AvgIpc) is 3.64. The number of hydrogen-bond donors (Lipinski definition) is 0. The second kappa shape index (κ2) is 10.5. The lowest BCUT2D eigenvalue weighted by molar-refractivity contribution is -0.401. The molecule has 3 heterocycles. The molecule has 0 saturated carbocycles. The molecule has 6 rings (SSSR count). The van der Waals surface area contributed by atoms with E-state index in [9.17, 15) is 0 Å². The van der Waals surface area contributed by atoms with E-state index in [0.29, 0.717) is 0 Å². The van der Waals surface area contributed by atoms with Gasteiger partial charge in [-0.25, -0.2) is 0 Å². The Morgan fingerprint density at radius 3 is 2.33 bits per heavy atom. The Balaban J connectivity index is 1.38. The van der Waals surface area contributed by atoms with Gasteiger partial charge in [-0.3, -0.25) is 0 Å². The SMILES string of the molecule is C=C1C(CC2=C(/C=C/C3=[N+](C)c4ccccc4C3(C)C)CC/C2=C\C=C2\N(C)c3ccccc3C2(C)C)=NN=C1SC. The number of rotatable bonds is 5. The molecule has 0 bridgehead atoms. The molecule has 0 radical (unpaired) electrons. The number of thioether (sulfide) groups is 1. The van der Waals surface area contributed by atoms with Gasteiger partial charge in [-0.15, -0.1) is 16.9 Å². The van der Waals surface area contributed by atoms with Gasteiger partial charge in [-0.2, -0.15) is 9.68 Å². The molecule has 4 nitrogen and oxygen atoms in total. The van der Waals surface area contributed by atoms with Crippen molar-refractivity contribution in [1.29, 1.82) is 0 Å². The second-order valence-electron chi connectivity index (χ2n) is 12.7. The Bertz CT molecular complexity index is 1720. The van der Waals surface area contributed by atoms with E-state index in [1.54, 1.807) is 11.8 Å². The summed E-state index contributed by atoms with van der Waals surface area (Å²) >= 11 is 1.61. The van der Waals surface area contributed by atoms with E-state index in [2.05, 4.69) is 141 Å². The number of anilines is 1. The van der Waals surface area contributed by atoms with Crippen LogP contribution in [-0.4, -0.2) is 41.4 Å². The van der Waals surface area contributed by atoms with Crippen LogP contribution in [0, 0.1) is 0 Å². The highest BCUT2D eigenvalue weighted by molar-refractivity contribution is 8.14. The summed E-state index contributed by atoms with van der Waals surface area (Å²) in [5.41, 5.74) is 13.9. The van der Waals surface area contributed by atoms with Crippen molar-refractivity contribution in [1.82, 2.24) is 0 Å². The fraction of sp³-hybridized carbons (Fsp3) is 0.324. The quantitative estimate of drug-likeness (QED) is 0.335. The lowest BCUT2D eigenvalue weighted by atomic mass is 9.81. The van der Waals surface area contributed by atoms with Crippen molar-refractivity contribution < 1.29 is 4.58 Å². The zero-order chi connectivity index (χ0) is 29.8. The summed E-state index contributed by atoms with van der Waals surface area (Å²) in [5.74, 6) is 0. The van der Waals surface area contributed by atoms with Gasteiger partial charge >= 0.3 is 0 Å². The van der Waals surface area contributed by atoms with E-state index in [0.717, 1.165) is 35.6 Å². The van der Waals surface area contributed by atoms with E-state index >= 15 is 0 Å². The number of allylic oxidation sites excluding steroid dienone is 8. The van der Waals surface area contributed by atoms with Crippen LogP contribution in [0.25, 0.3) is 0 Å². The highest BCUT2D eigenvalue weighted by Crippen LogP contribution is 2.47. The van der Waals surface area contributed by atoms with Crippen LogP contribution in [0.4, 0.5) is 11.4 Å². The van der Waals surface area contributed by atoms with Gasteiger partial charge in [-0.1, -0.05) is 69.0 Å². The molecule has 2 aromatic rings. The van der Waals surface area contributed by atoms with Crippen molar-refractivity contribution in [3.05, 3.63) is 119 Å². The van der Waals surface area contributed by atoms with Gasteiger partial charge in [0.05, 0.1) is 11.1 Å². The number of nitrogens with zero attached hydrogens (tertiary/aromatic N) is 4. The van der Waals surface area contributed by atoms with Crippen molar-refractivity contribution >= 4 is 39.6 Å². The maximum atomic E-state index is 4.56. The third-order valence-electron chi connectivity index (χ3n) is 9.61. The van der Waals surface area contributed by atoms with Gasteiger partial charge < -0.3 is 4.90 Å². The predicted molar refractivity (Wildman–Crippen MR) is 182 cm³/mol. The fourth-order valence-electron chi connectivity index (χ4n) is 7.16. The summed E-state index contributed by atoms with van der Waals surface area (Å²) in [6.45, 7) is 13.6. The van der Waals surface area contributed by atoms with Crippen LogP contribution in [0.5, 0.6) is 0 Å². The Morgan fingerprint density at radius 1 is 0.929 bits per heavy atom. The summed E-state index contributed by atoms with van der Waals surface area (Å²) in [7, 11) is 4.37. The largest absolute Gasteiger partial charge is 0.347 e. The van der Waals surface area contributed by atoms with Gasteiger partial charge in [0.15, 0.2) is 5.71 Å². The second-order valence-corrected chi connectivity index (χ2v) is 13.5. The molecule has 5 heteroatoms. The molecule has 42 heavy (non-hydrogen) atoms. The molecule has 0 saturated heterocycles. The topological polar surface area (TPSA) is 31.0 Å². The molecule has 0 spiro atoms.